The van der Waals surface area contributed by atoms with E-state index < -0.39 is 0 Å². The molecule has 0 bridgehead atoms. The van der Waals surface area contributed by atoms with E-state index in [-0.39, 0.29) is 11.6 Å². The molecular formula is C11H16O2. The third kappa shape index (κ3) is 2.79. The van der Waals surface area contributed by atoms with Crippen LogP contribution in [0, 0.1) is 0 Å². The van der Waals surface area contributed by atoms with Gasteiger partial charge < -0.3 is 0 Å². The lowest BCUT2D eigenvalue weighted by molar-refractivity contribution is -0.134. The lowest BCUT2D eigenvalue weighted by Gasteiger charge is -2.10. The normalized spacial score (nSPS) is 16.5. The van der Waals surface area contributed by atoms with Gasteiger partial charge in [-0.2, -0.15) is 0 Å². The van der Waals surface area contributed by atoms with Crippen LogP contribution in [0.15, 0.2) is 11.6 Å². The molecule has 0 atom stereocenters. The number of rotatable bonds is 4. The Hall–Kier alpha value is -0.920. The van der Waals surface area contributed by atoms with Gasteiger partial charge in [-0.25, -0.2) is 0 Å². The fourth-order valence-electron chi connectivity index (χ4n) is 1.56. The summed E-state index contributed by atoms with van der Waals surface area (Å²) in [6.45, 7) is 1.92. The summed E-state index contributed by atoms with van der Waals surface area (Å²) in [6.07, 6.45) is 7.05. The number of ketones is 2. The highest BCUT2D eigenvalue weighted by atomic mass is 16.2. The smallest absolute Gasteiger partial charge is 0.224 e. The minimum absolute atomic E-state index is 0.212. The summed E-state index contributed by atoms with van der Waals surface area (Å²) in [5.74, 6) is -0.447. The topological polar surface area (TPSA) is 34.1 Å². The van der Waals surface area contributed by atoms with Crippen LogP contribution in [0.5, 0.6) is 0 Å². The van der Waals surface area contributed by atoms with Crippen molar-refractivity contribution in [1.82, 2.24) is 0 Å². The summed E-state index contributed by atoms with van der Waals surface area (Å²) < 4.78 is 0. The molecule has 0 saturated heterocycles. The standard InChI is InChI=1S/C11H16O2/c1-2-6-10(12)11(13)9-7-4-3-5-8-9/h7H,2-6,8H2,1H3. The van der Waals surface area contributed by atoms with Crippen LogP contribution in [0.3, 0.4) is 0 Å². The molecule has 1 rings (SSSR count). The van der Waals surface area contributed by atoms with E-state index in [1.165, 1.54) is 0 Å². The second kappa shape index (κ2) is 4.95. The van der Waals surface area contributed by atoms with Crippen molar-refractivity contribution in [2.75, 3.05) is 0 Å². The minimum Gasteiger partial charge on any atom is -0.291 e. The number of carbonyl (C=O) groups is 2. The molecule has 2 heteroatoms. The molecule has 0 aromatic rings. The molecule has 0 unspecified atom stereocenters. The summed E-state index contributed by atoms with van der Waals surface area (Å²) >= 11 is 0. The first-order chi connectivity index (χ1) is 6.25. The van der Waals surface area contributed by atoms with Crippen LogP contribution in [0.2, 0.25) is 0 Å². The number of Topliss-reactive ketones (excluding diaryl/α,β-unsaturated/α-hetero) is 2. The average Bonchev–Trinajstić information content (AvgIpc) is 2.18. The van der Waals surface area contributed by atoms with E-state index in [1.807, 2.05) is 13.0 Å². The molecule has 1 aliphatic rings. The van der Waals surface area contributed by atoms with Crippen molar-refractivity contribution in [2.45, 2.75) is 45.4 Å². The quantitative estimate of drug-likeness (QED) is 0.623. The van der Waals surface area contributed by atoms with Gasteiger partial charge in [0, 0.05) is 6.42 Å². The van der Waals surface area contributed by atoms with Crippen LogP contribution in [-0.4, -0.2) is 11.6 Å². The molecule has 0 amide bonds. The zero-order valence-electron chi connectivity index (χ0n) is 8.14. The van der Waals surface area contributed by atoms with Crippen LogP contribution in [0.4, 0.5) is 0 Å². The zero-order chi connectivity index (χ0) is 9.68. The summed E-state index contributed by atoms with van der Waals surface area (Å²) in [5.41, 5.74) is 0.754. The van der Waals surface area contributed by atoms with Crippen molar-refractivity contribution < 1.29 is 9.59 Å². The van der Waals surface area contributed by atoms with E-state index in [9.17, 15) is 9.59 Å². The molecular weight excluding hydrogens is 164 g/mol. The van der Waals surface area contributed by atoms with E-state index >= 15 is 0 Å². The van der Waals surface area contributed by atoms with Gasteiger partial charge in [-0.3, -0.25) is 9.59 Å². The van der Waals surface area contributed by atoms with Gasteiger partial charge in [-0.1, -0.05) is 13.0 Å². The van der Waals surface area contributed by atoms with E-state index in [4.69, 9.17) is 0 Å². The van der Waals surface area contributed by atoms with Crippen LogP contribution in [-0.2, 0) is 9.59 Å². The van der Waals surface area contributed by atoms with Crippen molar-refractivity contribution in [3.8, 4) is 0 Å². The van der Waals surface area contributed by atoms with E-state index in [0.29, 0.717) is 6.42 Å². The SMILES string of the molecule is CCCC(=O)C(=O)C1=CCCCC1. The maximum Gasteiger partial charge on any atom is 0.224 e. The van der Waals surface area contributed by atoms with E-state index in [2.05, 4.69) is 0 Å². The molecule has 2 nitrogen and oxygen atoms in total. The highest BCUT2D eigenvalue weighted by Crippen LogP contribution is 2.18. The molecule has 13 heavy (non-hydrogen) atoms. The first-order valence-electron chi connectivity index (χ1n) is 5.02. The van der Waals surface area contributed by atoms with Gasteiger partial charge in [-0.15, -0.1) is 0 Å². The first-order valence-corrected chi connectivity index (χ1v) is 5.02. The monoisotopic (exact) mass is 180 g/mol. The summed E-state index contributed by atoms with van der Waals surface area (Å²) in [6, 6.07) is 0. The summed E-state index contributed by atoms with van der Waals surface area (Å²) in [7, 11) is 0. The van der Waals surface area contributed by atoms with Crippen LogP contribution in [0.25, 0.3) is 0 Å². The maximum absolute atomic E-state index is 11.5. The molecule has 0 saturated carbocycles. The zero-order valence-corrected chi connectivity index (χ0v) is 8.14. The first kappa shape index (κ1) is 10.2. The van der Waals surface area contributed by atoms with Crippen molar-refractivity contribution in [3.05, 3.63) is 11.6 Å². The molecule has 0 aromatic heterocycles. The summed E-state index contributed by atoms with van der Waals surface area (Å²) in [4.78, 5) is 22.7. The molecule has 1 aliphatic carbocycles. The summed E-state index contributed by atoms with van der Waals surface area (Å²) in [5, 5.41) is 0. The largest absolute Gasteiger partial charge is 0.291 e. The van der Waals surface area contributed by atoms with Crippen LogP contribution in [0.1, 0.15) is 45.4 Å². The van der Waals surface area contributed by atoms with Crippen molar-refractivity contribution in [1.29, 1.82) is 0 Å². The molecule has 0 heterocycles. The van der Waals surface area contributed by atoms with Gasteiger partial charge in [-0.05, 0) is 37.7 Å². The number of carbonyl (C=O) groups excluding carboxylic acids is 2. The lowest BCUT2D eigenvalue weighted by atomic mass is 9.94. The Labute approximate surface area is 79.0 Å². The average molecular weight is 180 g/mol. The Kier molecular flexibility index (Phi) is 3.87. The Balaban J connectivity index is 2.55. The molecule has 0 fully saturated rings. The molecule has 0 N–H and O–H groups in total. The molecule has 0 aliphatic heterocycles. The Bertz CT molecular complexity index is 238. The van der Waals surface area contributed by atoms with Gasteiger partial charge in [0.1, 0.15) is 0 Å². The minimum atomic E-state index is -0.235. The number of hydrogen-bond acceptors (Lipinski definition) is 2. The third-order valence-electron chi connectivity index (χ3n) is 2.31. The van der Waals surface area contributed by atoms with Gasteiger partial charge in [0.05, 0.1) is 0 Å². The second-order valence-electron chi connectivity index (χ2n) is 3.48. The number of allylic oxidation sites excluding steroid dienone is 2. The number of hydrogen-bond donors (Lipinski definition) is 0. The highest BCUT2D eigenvalue weighted by Gasteiger charge is 2.18. The highest BCUT2D eigenvalue weighted by molar-refractivity contribution is 6.43. The molecule has 0 radical (unpaired) electrons. The lowest BCUT2D eigenvalue weighted by Crippen LogP contribution is -2.17. The Morgan fingerprint density at radius 3 is 2.69 bits per heavy atom. The predicted molar refractivity (Wildman–Crippen MR) is 51.5 cm³/mol. The maximum atomic E-state index is 11.5. The predicted octanol–water partition coefficient (Wildman–Crippen LogP) is 2.43. The van der Waals surface area contributed by atoms with E-state index in [1.54, 1.807) is 0 Å². The van der Waals surface area contributed by atoms with Crippen LogP contribution < -0.4 is 0 Å². The van der Waals surface area contributed by atoms with Gasteiger partial charge in [0.2, 0.25) is 11.6 Å². The van der Waals surface area contributed by atoms with Gasteiger partial charge in [0.25, 0.3) is 0 Å². The second-order valence-corrected chi connectivity index (χ2v) is 3.48. The van der Waals surface area contributed by atoms with Crippen molar-refractivity contribution >= 4 is 11.6 Å². The molecule has 0 aromatic carbocycles. The fraction of sp³-hybridized carbons (Fsp3) is 0.636. The molecule has 72 valence electrons. The van der Waals surface area contributed by atoms with Crippen molar-refractivity contribution in [2.24, 2.45) is 0 Å². The fourth-order valence-corrected chi connectivity index (χ4v) is 1.56. The van der Waals surface area contributed by atoms with Gasteiger partial charge in [0.15, 0.2) is 0 Å². The molecule has 0 spiro atoms. The van der Waals surface area contributed by atoms with E-state index in [0.717, 1.165) is 37.7 Å². The Morgan fingerprint density at radius 1 is 1.38 bits per heavy atom. The third-order valence-corrected chi connectivity index (χ3v) is 2.31. The van der Waals surface area contributed by atoms with Gasteiger partial charge >= 0.3 is 0 Å². The van der Waals surface area contributed by atoms with Crippen molar-refractivity contribution in [3.63, 3.8) is 0 Å². The Morgan fingerprint density at radius 2 is 2.15 bits per heavy atom. The van der Waals surface area contributed by atoms with Crippen LogP contribution >= 0.6 is 0 Å².